The lowest BCUT2D eigenvalue weighted by molar-refractivity contribution is 0.340. The van der Waals surface area contributed by atoms with E-state index in [0.29, 0.717) is 5.71 Å². The molecule has 19 heavy (non-hydrogen) atoms. The number of benzene rings is 1. The number of nitrogens with one attached hydrogen (secondary N) is 1. The second-order valence-corrected chi connectivity index (χ2v) is 6.41. The van der Waals surface area contributed by atoms with Crippen molar-refractivity contribution in [2.45, 2.75) is 31.6 Å². The lowest BCUT2D eigenvalue weighted by atomic mass is 9.61. The minimum absolute atomic E-state index is 0.144. The highest BCUT2D eigenvalue weighted by molar-refractivity contribution is 7.11. The van der Waals surface area contributed by atoms with E-state index < -0.39 is 0 Å². The molecule has 2 nitrogen and oxygen atoms in total. The molecule has 2 aromatic rings. The van der Waals surface area contributed by atoms with Gasteiger partial charge in [0, 0.05) is 21.5 Å². The molecule has 0 unspecified atom stereocenters. The molecule has 0 aliphatic heterocycles. The van der Waals surface area contributed by atoms with Crippen LogP contribution in [0.25, 0.3) is 0 Å². The molecule has 98 valence electrons. The molecule has 1 aromatic heterocycles. The second kappa shape index (κ2) is 4.73. The van der Waals surface area contributed by atoms with Crippen LogP contribution in [0.2, 0.25) is 5.02 Å². The van der Waals surface area contributed by atoms with Gasteiger partial charge in [0.15, 0.2) is 0 Å². The summed E-state index contributed by atoms with van der Waals surface area (Å²) in [5, 5.41) is 12.2. The van der Waals surface area contributed by atoms with Crippen LogP contribution in [0.1, 0.15) is 35.5 Å². The molecule has 1 heterocycles. The van der Waals surface area contributed by atoms with Crippen LogP contribution in [-0.2, 0) is 5.41 Å². The standard InChI is InChI=1S/C15H15ClN2S/c1-10-9-19-14(18-10)13(17)15(7-2-8-15)11-3-5-12(16)6-4-11/h3-6,9,17H,2,7-8H2,1H3. The molecule has 0 atom stereocenters. The van der Waals surface area contributed by atoms with E-state index in [0.717, 1.165) is 28.6 Å². The van der Waals surface area contributed by atoms with Crippen molar-refractivity contribution in [1.29, 1.82) is 5.41 Å². The molecule has 1 aliphatic carbocycles. The summed E-state index contributed by atoms with van der Waals surface area (Å²) in [5.74, 6) is 0. The summed E-state index contributed by atoms with van der Waals surface area (Å²) in [6.07, 6.45) is 3.24. The lowest BCUT2D eigenvalue weighted by Crippen LogP contribution is -2.42. The van der Waals surface area contributed by atoms with Gasteiger partial charge in [-0.05, 0) is 37.5 Å². The molecule has 0 amide bonds. The molecule has 4 heteroatoms. The van der Waals surface area contributed by atoms with Crippen molar-refractivity contribution in [3.63, 3.8) is 0 Å². The van der Waals surface area contributed by atoms with Gasteiger partial charge in [0.25, 0.3) is 0 Å². The number of halogens is 1. The number of nitrogens with zero attached hydrogens (tertiary/aromatic N) is 1. The van der Waals surface area contributed by atoms with Crippen LogP contribution in [0.4, 0.5) is 0 Å². The Hall–Kier alpha value is -1.19. The third-order valence-electron chi connectivity index (χ3n) is 3.92. The first kappa shape index (κ1) is 12.8. The molecular formula is C15H15ClN2S. The normalized spacial score (nSPS) is 16.9. The van der Waals surface area contributed by atoms with Gasteiger partial charge in [-0.25, -0.2) is 4.98 Å². The smallest absolute Gasteiger partial charge is 0.138 e. The molecule has 1 aliphatic rings. The van der Waals surface area contributed by atoms with E-state index in [2.05, 4.69) is 17.1 Å². The van der Waals surface area contributed by atoms with Crippen LogP contribution in [0.15, 0.2) is 29.6 Å². The Morgan fingerprint density at radius 3 is 2.47 bits per heavy atom. The van der Waals surface area contributed by atoms with Gasteiger partial charge < -0.3 is 5.41 Å². The monoisotopic (exact) mass is 290 g/mol. The fraction of sp³-hybridized carbons (Fsp3) is 0.333. The predicted molar refractivity (Wildman–Crippen MR) is 80.7 cm³/mol. The second-order valence-electron chi connectivity index (χ2n) is 5.11. The van der Waals surface area contributed by atoms with Gasteiger partial charge in [-0.2, -0.15) is 0 Å². The maximum absolute atomic E-state index is 8.55. The molecule has 0 saturated heterocycles. The number of hydrogen-bond donors (Lipinski definition) is 1. The summed E-state index contributed by atoms with van der Waals surface area (Å²) in [7, 11) is 0. The number of thiazole rings is 1. The van der Waals surface area contributed by atoms with Gasteiger partial charge >= 0.3 is 0 Å². The number of rotatable bonds is 3. The quantitative estimate of drug-likeness (QED) is 0.824. The van der Waals surface area contributed by atoms with Crippen molar-refractivity contribution in [1.82, 2.24) is 4.98 Å². The summed E-state index contributed by atoms with van der Waals surface area (Å²) in [6.45, 7) is 1.98. The highest BCUT2D eigenvalue weighted by Gasteiger charge is 2.44. The van der Waals surface area contributed by atoms with E-state index in [1.807, 2.05) is 24.4 Å². The summed E-state index contributed by atoms with van der Waals surface area (Å²) in [6, 6.07) is 7.93. The van der Waals surface area contributed by atoms with E-state index in [-0.39, 0.29) is 5.41 Å². The van der Waals surface area contributed by atoms with Crippen molar-refractivity contribution < 1.29 is 0 Å². The van der Waals surface area contributed by atoms with Gasteiger partial charge in [0.1, 0.15) is 5.01 Å². The largest absolute Gasteiger partial charge is 0.301 e. The summed E-state index contributed by atoms with van der Waals surface area (Å²) in [5.41, 5.74) is 2.71. The number of aryl methyl sites for hydroxylation is 1. The summed E-state index contributed by atoms with van der Waals surface area (Å²) >= 11 is 7.53. The van der Waals surface area contributed by atoms with E-state index >= 15 is 0 Å². The Bertz CT molecular complexity index is 611. The van der Waals surface area contributed by atoms with Gasteiger partial charge in [0.05, 0.1) is 5.71 Å². The zero-order valence-corrected chi connectivity index (χ0v) is 12.3. The van der Waals surface area contributed by atoms with E-state index in [9.17, 15) is 0 Å². The maximum atomic E-state index is 8.55. The van der Waals surface area contributed by atoms with Crippen LogP contribution in [0.3, 0.4) is 0 Å². The molecule has 1 saturated carbocycles. The lowest BCUT2D eigenvalue weighted by Gasteiger charge is -2.42. The molecule has 1 N–H and O–H groups in total. The highest BCUT2D eigenvalue weighted by Crippen LogP contribution is 2.46. The molecule has 0 radical (unpaired) electrons. The zero-order chi connectivity index (χ0) is 13.5. The molecule has 0 spiro atoms. The van der Waals surface area contributed by atoms with Crippen molar-refractivity contribution in [3.05, 3.63) is 50.9 Å². The Balaban J connectivity index is 1.99. The van der Waals surface area contributed by atoms with Gasteiger partial charge in [-0.3, -0.25) is 0 Å². The summed E-state index contributed by atoms with van der Waals surface area (Å²) in [4.78, 5) is 4.47. The Morgan fingerprint density at radius 2 is 2.00 bits per heavy atom. The maximum Gasteiger partial charge on any atom is 0.138 e. The van der Waals surface area contributed by atoms with E-state index in [1.165, 1.54) is 12.0 Å². The Morgan fingerprint density at radius 1 is 1.32 bits per heavy atom. The average molecular weight is 291 g/mol. The predicted octanol–water partition coefficient (Wildman–Crippen LogP) is 4.59. The molecule has 3 rings (SSSR count). The molecule has 0 bridgehead atoms. The molecular weight excluding hydrogens is 276 g/mol. The van der Waals surface area contributed by atoms with Crippen molar-refractivity contribution in [3.8, 4) is 0 Å². The van der Waals surface area contributed by atoms with Crippen LogP contribution in [0.5, 0.6) is 0 Å². The SMILES string of the molecule is Cc1csc(C(=N)C2(c3ccc(Cl)cc3)CCC2)n1. The minimum atomic E-state index is -0.144. The van der Waals surface area contributed by atoms with Gasteiger partial charge in [-0.1, -0.05) is 30.2 Å². The Labute approximate surface area is 122 Å². The van der Waals surface area contributed by atoms with Crippen LogP contribution in [-0.4, -0.2) is 10.7 Å². The average Bonchev–Trinajstić information content (AvgIpc) is 2.77. The molecule has 1 aromatic carbocycles. The first-order valence-electron chi connectivity index (χ1n) is 6.39. The van der Waals surface area contributed by atoms with E-state index in [4.69, 9.17) is 17.0 Å². The van der Waals surface area contributed by atoms with Gasteiger partial charge in [0.2, 0.25) is 0 Å². The van der Waals surface area contributed by atoms with Crippen molar-refractivity contribution in [2.24, 2.45) is 0 Å². The van der Waals surface area contributed by atoms with Crippen LogP contribution >= 0.6 is 22.9 Å². The number of hydrogen-bond acceptors (Lipinski definition) is 3. The number of aromatic nitrogens is 1. The Kier molecular flexibility index (Phi) is 3.19. The van der Waals surface area contributed by atoms with Crippen LogP contribution < -0.4 is 0 Å². The van der Waals surface area contributed by atoms with Gasteiger partial charge in [-0.15, -0.1) is 11.3 Å². The fourth-order valence-electron chi connectivity index (χ4n) is 2.66. The topological polar surface area (TPSA) is 36.7 Å². The first-order valence-corrected chi connectivity index (χ1v) is 7.65. The van der Waals surface area contributed by atoms with Crippen LogP contribution in [0, 0.1) is 12.3 Å². The third-order valence-corrected chi connectivity index (χ3v) is 5.14. The molecule has 1 fully saturated rings. The third kappa shape index (κ3) is 2.11. The fourth-order valence-corrected chi connectivity index (χ4v) is 3.63. The minimum Gasteiger partial charge on any atom is -0.301 e. The van der Waals surface area contributed by atoms with Crippen molar-refractivity contribution >= 4 is 28.6 Å². The zero-order valence-electron chi connectivity index (χ0n) is 10.7. The van der Waals surface area contributed by atoms with Crippen molar-refractivity contribution in [2.75, 3.05) is 0 Å². The summed E-state index contributed by atoms with van der Waals surface area (Å²) < 4.78 is 0. The first-order chi connectivity index (χ1) is 9.12. The highest BCUT2D eigenvalue weighted by atomic mass is 35.5. The van der Waals surface area contributed by atoms with E-state index in [1.54, 1.807) is 11.3 Å².